The van der Waals surface area contributed by atoms with Gasteiger partial charge in [0.05, 0.1) is 0 Å². The van der Waals surface area contributed by atoms with Crippen molar-refractivity contribution >= 4 is 10.2 Å². The Morgan fingerprint density at radius 3 is 2.33 bits per heavy atom. The van der Waals surface area contributed by atoms with E-state index in [4.69, 9.17) is 5.73 Å². The van der Waals surface area contributed by atoms with Gasteiger partial charge in [-0.05, 0) is 38.1 Å². The Kier molecular flexibility index (Phi) is 6.55. The number of rotatable bonds is 8. The quantitative estimate of drug-likeness (QED) is 0.697. The molecule has 0 bridgehead atoms. The molecule has 1 fully saturated rings. The van der Waals surface area contributed by atoms with Gasteiger partial charge in [0.1, 0.15) is 0 Å². The maximum Gasteiger partial charge on any atom is 0.279 e. The van der Waals surface area contributed by atoms with E-state index >= 15 is 0 Å². The highest BCUT2D eigenvalue weighted by atomic mass is 32.2. The summed E-state index contributed by atoms with van der Waals surface area (Å²) in [6.45, 7) is 5.73. The van der Waals surface area contributed by atoms with E-state index in [2.05, 4.69) is 4.72 Å². The molecule has 0 aromatic rings. The van der Waals surface area contributed by atoms with E-state index in [0.29, 0.717) is 25.6 Å². The number of hydrogen-bond donors (Lipinski definition) is 2. The first-order chi connectivity index (χ1) is 8.55. The summed E-state index contributed by atoms with van der Waals surface area (Å²) in [5, 5.41) is 0. The van der Waals surface area contributed by atoms with Crippen molar-refractivity contribution < 1.29 is 8.42 Å². The van der Waals surface area contributed by atoms with E-state index in [1.807, 2.05) is 13.8 Å². The van der Waals surface area contributed by atoms with Crippen molar-refractivity contribution in [2.45, 2.75) is 52.0 Å². The smallest absolute Gasteiger partial charge is 0.279 e. The molecule has 1 aliphatic carbocycles. The minimum absolute atomic E-state index is 0.0243. The number of hydrogen-bond acceptors (Lipinski definition) is 3. The first-order valence-electron chi connectivity index (χ1n) is 7.02. The van der Waals surface area contributed by atoms with Crippen molar-refractivity contribution in [2.75, 3.05) is 19.6 Å². The molecule has 1 rings (SSSR count). The molecular formula is C12H27N3O2S. The molecule has 0 aliphatic heterocycles. The molecule has 0 radical (unpaired) electrons. The Hall–Kier alpha value is -0.170. The molecule has 0 spiro atoms. The monoisotopic (exact) mass is 277 g/mol. The van der Waals surface area contributed by atoms with Gasteiger partial charge >= 0.3 is 0 Å². The molecule has 0 saturated heterocycles. The SMILES string of the molecule is CCCN(CCC)S(=O)(=O)NC1CCCC1CN. The fourth-order valence-corrected chi connectivity index (χ4v) is 4.28. The van der Waals surface area contributed by atoms with Gasteiger partial charge in [0.2, 0.25) is 0 Å². The summed E-state index contributed by atoms with van der Waals surface area (Å²) in [7, 11) is -3.35. The molecule has 1 saturated carbocycles. The first-order valence-corrected chi connectivity index (χ1v) is 8.46. The Bertz CT molecular complexity index is 326. The molecular weight excluding hydrogens is 250 g/mol. The lowest BCUT2D eigenvalue weighted by Gasteiger charge is -2.26. The second kappa shape index (κ2) is 7.43. The maximum atomic E-state index is 12.3. The van der Waals surface area contributed by atoms with Crippen molar-refractivity contribution in [1.29, 1.82) is 0 Å². The Morgan fingerprint density at radius 2 is 1.83 bits per heavy atom. The maximum absolute atomic E-state index is 12.3. The molecule has 18 heavy (non-hydrogen) atoms. The fraction of sp³-hybridized carbons (Fsp3) is 1.00. The molecule has 3 N–H and O–H groups in total. The fourth-order valence-electron chi connectivity index (χ4n) is 2.59. The van der Waals surface area contributed by atoms with Crippen LogP contribution in [0.15, 0.2) is 0 Å². The minimum Gasteiger partial charge on any atom is -0.330 e. The van der Waals surface area contributed by atoms with Gasteiger partial charge in [0.25, 0.3) is 10.2 Å². The zero-order valence-electron chi connectivity index (χ0n) is 11.6. The average molecular weight is 277 g/mol. The van der Waals surface area contributed by atoms with Crippen LogP contribution in [0.1, 0.15) is 46.0 Å². The van der Waals surface area contributed by atoms with Crippen LogP contribution in [0.25, 0.3) is 0 Å². The highest BCUT2D eigenvalue weighted by Crippen LogP contribution is 2.25. The number of nitrogens with two attached hydrogens (primary N) is 1. The van der Waals surface area contributed by atoms with Crippen LogP contribution in [-0.2, 0) is 10.2 Å². The molecule has 6 heteroatoms. The van der Waals surface area contributed by atoms with Crippen molar-refractivity contribution in [2.24, 2.45) is 11.7 Å². The van der Waals surface area contributed by atoms with Gasteiger partial charge in [-0.3, -0.25) is 0 Å². The third-order valence-corrected chi connectivity index (χ3v) is 5.19. The van der Waals surface area contributed by atoms with Gasteiger partial charge in [-0.25, -0.2) is 0 Å². The molecule has 1 aliphatic rings. The van der Waals surface area contributed by atoms with E-state index in [-0.39, 0.29) is 6.04 Å². The number of nitrogens with one attached hydrogen (secondary N) is 1. The van der Waals surface area contributed by atoms with Gasteiger partial charge in [-0.2, -0.15) is 17.4 Å². The zero-order valence-corrected chi connectivity index (χ0v) is 12.4. The highest BCUT2D eigenvalue weighted by Gasteiger charge is 2.31. The van der Waals surface area contributed by atoms with Crippen LogP contribution in [0.2, 0.25) is 0 Å². The standard InChI is InChI=1S/C12H27N3O2S/c1-3-8-15(9-4-2)18(16,17)14-12-7-5-6-11(12)10-13/h11-12,14H,3-10,13H2,1-2H3. The molecule has 2 atom stereocenters. The second-order valence-electron chi connectivity index (χ2n) is 5.06. The van der Waals surface area contributed by atoms with E-state index in [1.54, 1.807) is 4.31 Å². The molecule has 108 valence electrons. The van der Waals surface area contributed by atoms with Crippen molar-refractivity contribution in [3.8, 4) is 0 Å². The van der Waals surface area contributed by atoms with Gasteiger partial charge in [0, 0.05) is 19.1 Å². The van der Waals surface area contributed by atoms with Crippen LogP contribution in [-0.4, -0.2) is 38.4 Å². The average Bonchev–Trinajstić information content (AvgIpc) is 2.75. The normalized spacial score (nSPS) is 24.9. The lowest BCUT2D eigenvalue weighted by atomic mass is 10.1. The third kappa shape index (κ3) is 4.19. The molecule has 0 aromatic heterocycles. The summed E-state index contributed by atoms with van der Waals surface area (Å²) in [5.41, 5.74) is 5.69. The lowest BCUT2D eigenvalue weighted by Crippen LogP contribution is -2.48. The molecule has 5 nitrogen and oxygen atoms in total. The van der Waals surface area contributed by atoms with Crippen LogP contribution in [0, 0.1) is 5.92 Å². The Morgan fingerprint density at radius 1 is 1.22 bits per heavy atom. The van der Waals surface area contributed by atoms with Gasteiger partial charge < -0.3 is 5.73 Å². The van der Waals surface area contributed by atoms with Crippen molar-refractivity contribution in [3.05, 3.63) is 0 Å². The highest BCUT2D eigenvalue weighted by molar-refractivity contribution is 7.87. The summed E-state index contributed by atoms with van der Waals surface area (Å²) < 4.78 is 29.0. The minimum atomic E-state index is -3.35. The molecule has 0 amide bonds. The Labute approximate surface area is 111 Å². The van der Waals surface area contributed by atoms with Crippen molar-refractivity contribution in [1.82, 2.24) is 9.03 Å². The van der Waals surface area contributed by atoms with Gasteiger partial charge in [-0.15, -0.1) is 0 Å². The van der Waals surface area contributed by atoms with Crippen molar-refractivity contribution in [3.63, 3.8) is 0 Å². The van der Waals surface area contributed by atoms with Gasteiger partial charge in [0.15, 0.2) is 0 Å². The number of nitrogens with zero attached hydrogens (tertiary/aromatic N) is 1. The Balaban J connectivity index is 2.66. The summed E-state index contributed by atoms with van der Waals surface area (Å²) in [6.07, 6.45) is 4.69. The van der Waals surface area contributed by atoms with Crippen LogP contribution in [0.3, 0.4) is 0 Å². The van der Waals surface area contributed by atoms with E-state index in [9.17, 15) is 8.42 Å². The summed E-state index contributed by atoms with van der Waals surface area (Å²) >= 11 is 0. The molecule has 0 heterocycles. The lowest BCUT2D eigenvalue weighted by molar-refractivity contribution is 0.381. The molecule has 0 aromatic carbocycles. The second-order valence-corrected chi connectivity index (χ2v) is 6.76. The zero-order chi connectivity index (χ0) is 13.6. The summed E-state index contributed by atoms with van der Waals surface area (Å²) in [5.74, 6) is 0.296. The molecule has 2 unspecified atom stereocenters. The predicted octanol–water partition coefficient (Wildman–Crippen LogP) is 1.07. The van der Waals surface area contributed by atoms with E-state index in [0.717, 1.165) is 32.1 Å². The van der Waals surface area contributed by atoms with Crippen LogP contribution in [0.5, 0.6) is 0 Å². The predicted molar refractivity (Wildman–Crippen MR) is 74.4 cm³/mol. The van der Waals surface area contributed by atoms with Crippen LogP contribution in [0.4, 0.5) is 0 Å². The topological polar surface area (TPSA) is 75.4 Å². The van der Waals surface area contributed by atoms with Crippen LogP contribution < -0.4 is 10.5 Å². The third-order valence-electron chi connectivity index (χ3n) is 3.55. The first kappa shape index (κ1) is 15.9. The van der Waals surface area contributed by atoms with Gasteiger partial charge in [-0.1, -0.05) is 20.3 Å². The largest absolute Gasteiger partial charge is 0.330 e. The van der Waals surface area contributed by atoms with Crippen LogP contribution >= 0.6 is 0 Å². The summed E-state index contributed by atoms with van der Waals surface area (Å²) in [4.78, 5) is 0. The van der Waals surface area contributed by atoms with E-state index in [1.165, 1.54) is 0 Å². The van der Waals surface area contributed by atoms with E-state index < -0.39 is 10.2 Å². The summed E-state index contributed by atoms with van der Waals surface area (Å²) in [6, 6.07) is 0.0243.